The third kappa shape index (κ3) is 2.86. The third-order valence-corrected chi connectivity index (χ3v) is 6.11. The van der Waals surface area contributed by atoms with Crippen molar-refractivity contribution in [3.8, 4) is 17.6 Å². The molecule has 2 aliphatic heterocycles. The van der Waals surface area contributed by atoms with E-state index in [4.69, 9.17) is 19.8 Å². The molecule has 1 atom stereocenters. The van der Waals surface area contributed by atoms with Crippen molar-refractivity contribution in [3.63, 3.8) is 0 Å². The van der Waals surface area contributed by atoms with Crippen molar-refractivity contribution >= 4 is 11.6 Å². The first-order valence-electron chi connectivity index (χ1n) is 10.2. The average Bonchev–Trinajstić information content (AvgIpc) is 3.27. The molecule has 1 aromatic heterocycles. The number of ether oxygens (including phenoxy) is 2. The van der Waals surface area contributed by atoms with Gasteiger partial charge in [-0.3, -0.25) is 4.79 Å². The molecule has 7 heteroatoms. The molecule has 0 radical (unpaired) electrons. The summed E-state index contributed by atoms with van der Waals surface area (Å²) in [6, 6.07) is 8.09. The van der Waals surface area contributed by atoms with Crippen LogP contribution in [-0.4, -0.2) is 22.4 Å². The number of carbonyl (C=O) groups is 1. The lowest BCUT2D eigenvalue weighted by molar-refractivity contribution is -0.118. The summed E-state index contributed by atoms with van der Waals surface area (Å²) in [7, 11) is 0. The monoisotopic (exact) mass is 404 g/mol. The topological polar surface area (TPSA) is 89.2 Å². The number of hydrogen-bond donors (Lipinski definition) is 1. The minimum atomic E-state index is -0.217. The predicted octanol–water partition coefficient (Wildman–Crippen LogP) is 4.03. The number of ketones is 1. The van der Waals surface area contributed by atoms with E-state index in [-0.39, 0.29) is 23.9 Å². The molecule has 0 spiro atoms. The van der Waals surface area contributed by atoms with Crippen LogP contribution >= 0.6 is 0 Å². The number of anilines is 1. The molecule has 7 nitrogen and oxygen atoms in total. The van der Waals surface area contributed by atoms with Gasteiger partial charge in [0.05, 0.1) is 24.7 Å². The Morgan fingerprint density at radius 3 is 2.90 bits per heavy atom. The number of aryl methyl sites for hydroxylation is 2. The Bertz CT molecular complexity index is 1140. The Kier molecular flexibility index (Phi) is 4.14. The number of nitrogens with zero attached hydrogens (tertiary/aromatic N) is 3. The molecule has 2 aromatic rings. The van der Waals surface area contributed by atoms with E-state index < -0.39 is 0 Å². The van der Waals surface area contributed by atoms with Gasteiger partial charge in [-0.05, 0) is 36.5 Å². The SMILES string of the molecule is Cc1nn(CCC#N)c2c1C(c1ccc3c(c1)OCO3)C1=C(CC(C)(C)CC1=O)N2. The molecule has 0 bridgehead atoms. The predicted molar refractivity (Wildman–Crippen MR) is 110 cm³/mol. The molecule has 0 fully saturated rings. The number of Topliss-reactive ketones (excluding diaryl/α,β-unsaturated/α-hetero) is 1. The van der Waals surface area contributed by atoms with Gasteiger partial charge in [-0.1, -0.05) is 19.9 Å². The summed E-state index contributed by atoms with van der Waals surface area (Å²) < 4.78 is 12.9. The molecular formula is C23H24N4O3. The molecule has 1 unspecified atom stereocenters. The van der Waals surface area contributed by atoms with E-state index in [1.807, 2.05) is 29.8 Å². The number of benzene rings is 1. The first-order chi connectivity index (χ1) is 14.4. The summed E-state index contributed by atoms with van der Waals surface area (Å²) in [6.07, 6.45) is 1.68. The van der Waals surface area contributed by atoms with Crippen molar-refractivity contribution in [2.24, 2.45) is 5.41 Å². The van der Waals surface area contributed by atoms with E-state index in [1.54, 1.807) is 0 Å². The molecule has 3 aliphatic rings. The fourth-order valence-electron chi connectivity index (χ4n) is 4.88. The third-order valence-electron chi connectivity index (χ3n) is 6.11. The van der Waals surface area contributed by atoms with Crippen molar-refractivity contribution in [1.82, 2.24) is 9.78 Å². The second kappa shape index (κ2) is 6.63. The average molecular weight is 404 g/mol. The van der Waals surface area contributed by atoms with Gasteiger partial charge in [-0.25, -0.2) is 4.68 Å². The molecule has 3 heterocycles. The van der Waals surface area contributed by atoms with E-state index >= 15 is 0 Å². The number of carbonyl (C=O) groups excluding carboxylic acids is 1. The van der Waals surface area contributed by atoms with Crippen molar-refractivity contribution in [2.45, 2.75) is 52.5 Å². The Morgan fingerprint density at radius 2 is 2.10 bits per heavy atom. The first-order valence-corrected chi connectivity index (χ1v) is 10.2. The van der Waals surface area contributed by atoms with Crippen LogP contribution in [0.4, 0.5) is 5.82 Å². The number of hydrogen-bond acceptors (Lipinski definition) is 6. The van der Waals surface area contributed by atoms with Crippen molar-refractivity contribution in [2.75, 3.05) is 12.1 Å². The molecule has 0 saturated heterocycles. The van der Waals surface area contributed by atoms with Gasteiger partial charge in [0.15, 0.2) is 17.3 Å². The van der Waals surface area contributed by atoms with E-state index in [2.05, 4.69) is 25.2 Å². The minimum absolute atomic E-state index is 0.105. The van der Waals surface area contributed by atoms with Gasteiger partial charge >= 0.3 is 0 Å². The van der Waals surface area contributed by atoms with Crippen LogP contribution in [0, 0.1) is 23.7 Å². The highest BCUT2D eigenvalue weighted by Gasteiger charge is 2.43. The Labute approximate surface area is 175 Å². The minimum Gasteiger partial charge on any atom is -0.454 e. The second-order valence-corrected chi connectivity index (χ2v) is 8.98. The van der Waals surface area contributed by atoms with Crippen LogP contribution < -0.4 is 14.8 Å². The Balaban J connectivity index is 1.70. The smallest absolute Gasteiger partial charge is 0.231 e. The van der Waals surface area contributed by atoms with Crippen LogP contribution in [0.2, 0.25) is 0 Å². The normalized spacial score (nSPS) is 21.0. The fraction of sp³-hybridized carbons (Fsp3) is 0.435. The van der Waals surface area contributed by atoms with Gasteiger partial charge in [-0.15, -0.1) is 0 Å². The van der Waals surface area contributed by atoms with Gasteiger partial charge in [0.2, 0.25) is 6.79 Å². The summed E-state index contributed by atoms with van der Waals surface area (Å²) in [6.45, 7) is 6.93. The summed E-state index contributed by atoms with van der Waals surface area (Å²) >= 11 is 0. The number of nitriles is 1. The van der Waals surface area contributed by atoms with Crippen molar-refractivity contribution in [3.05, 3.63) is 46.3 Å². The fourth-order valence-corrected chi connectivity index (χ4v) is 4.88. The molecule has 0 amide bonds. The second-order valence-electron chi connectivity index (χ2n) is 8.98. The van der Waals surface area contributed by atoms with Gasteiger partial charge < -0.3 is 14.8 Å². The number of rotatable bonds is 3. The van der Waals surface area contributed by atoms with Gasteiger partial charge in [-0.2, -0.15) is 10.4 Å². The highest BCUT2D eigenvalue weighted by Crippen LogP contribution is 2.51. The summed E-state index contributed by atoms with van der Waals surface area (Å²) in [5, 5.41) is 17.3. The standard InChI is InChI=1S/C23H24N4O3/c1-13-19-20(14-5-6-17-18(9-14)30-12-29-17)21-15(10-23(2,3)11-16(21)28)25-22(19)27(26-13)8-4-7-24/h5-6,9,20,25H,4,8,10-12H2,1-3H3. The van der Waals surface area contributed by atoms with Crippen LogP contribution in [0.5, 0.6) is 11.5 Å². The lowest BCUT2D eigenvalue weighted by Crippen LogP contribution is -2.34. The van der Waals surface area contributed by atoms with E-state index in [1.165, 1.54) is 0 Å². The van der Waals surface area contributed by atoms with Crippen LogP contribution in [0.1, 0.15) is 55.8 Å². The van der Waals surface area contributed by atoms with Crippen molar-refractivity contribution in [1.29, 1.82) is 5.26 Å². The number of aromatic nitrogens is 2. The molecule has 30 heavy (non-hydrogen) atoms. The Morgan fingerprint density at radius 1 is 1.30 bits per heavy atom. The van der Waals surface area contributed by atoms with Gasteiger partial charge in [0.1, 0.15) is 5.82 Å². The number of allylic oxidation sites excluding steroid dienone is 2. The summed E-state index contributed by atoms with van der Waals surface area (Å²) in [5.74, 6) is 2.26. The maximum Gasteiger partial charge on any atom is 0.231 e. The first kappa shape index (κ1) is 18.7. The zero-order chi connectivity index (χ0) is 21.0. The molecule has 1 aliphatic carbocycles. The molecule has 154 valence electrons. The quantitative estimate of drug-likeness (QED) is 0.831. The van der Waals surface area contributed by atoms with Crippen LogP contribution in [-0.2, 0) is 11.3 Å². The molecule has 5 rings (SSSR count). The lowest BCUT2D eigenvalue weighted by Gasteiger charge is -2.38. The van der Waals surface area contributed by atoms with E-state index in [0.717, 1.165) is 46.1 Å². The largest absolute Gasteiger partial charge is 0.454 e. The van der Waals surface area contributed by atoms with Crippen molar-refractivity contribution < 1.29 is 14.3 Å². The van der Waals surface area contributed by atoms with E-state index in [9.17, 15) is 4.79 Å². The number of nitrogens with one attached hydrogen (secondary N) is 1. The lowest BCUT2D eigenvalue weighted by atomic mass is 9.69. The van der Waals surface area contributed by atoms with Crippen LogP contribution in [0.15, 0.2) is 29.5 Å². The highest BCUT2D eigenvalue weighted by atomic mass is 16.7. The maximum atomic E-state index is 13.3. The summed E-state index contributed by atoms with van der Waals surface area (Å²) in [4.78, 5) is 13.3. The molecular weight excluding hydrogens is 380 g/mol. The Hall–Kier alpha value is -3.27. The molecule has 0 saturated carbocycles. The van der Waals surface area contributed by atoms with Gasteiger partial charge in [0, 0.05) is 29.2 Å². The zero-order valence-corrected chi connectivity index (χ0v) is 17.4. The maximum absolute atomic E-state index is 13.3. The van der Waals surface area contributed by atoms with E-state index in [0.29, 0.717) is 25.1 Å². The number of fused-ring (bicyclic) bond motifs is 2. The highest BCUT2D eigenvalue weighted by molar-refractivity contribution is 6.01. The molecule has 1 N–H and O–H groups in total. The zero-order valence-electron chi connectivity index (χ0n) is 17.4. The molecule has 1 aromatic carbocycles. The van der Waals surface area contributed by atoms with Crippen LogP contribution in [0.3, 0.4) is 0 Å². The van der Waals surface area contributed by atoms with Crippen LogP contribution in [0.25, 0.3) is 0 Å². The van der Waals surface area contributed by atoms with Gasteiger partial charge in [0.25, 0.3) is 0 Å². The summed E-state index contributed by atoms with van der Waals surface area (Å²) in [5.41, 5.74) is 4.53.